The van der Waals surface area contributed by atoms with Gasteiger partial charge in [-0.3, -0.25) is 5.43 Å². The van der Waals surface area contributed by atoms with E-state index in [9.17, 15) is 4.79 Å². The first-order valence-electron chi connectivity index (χ1n) is 6.11. The molecule has 2 rings (SSSR count). The van der Waals surface area contributed by atoms with Crippen LogP contribution in [0.1, 0.15) is 5.56 Å². The number of carbonyl (C=O) groups is 1. The van der Waals surface area contributed by atoms with E-state index in [-0.39, 0.29) is 0 Å². The highest BCUT2D eigenvalue weighted by Gasteiger charge is 2.00. The van der Waals surface area contributed by atoms with Gasteiger partial charge in [-0.05, 0) is 18.2 Å². The van der Waals surface area contributed by atoms with Crippen molar-refractivity contribution in [2.75, 3.05) is 5.43 Å². The molecule has 0 unspecified atom stereocenters. The lowest BCUT2D eigenvalue weighted by molar-refractivity contribution is -0.131. The third kappa shape index (κ3) is 4.10. The van der Waals surface area contributed by atoms with Crippen LogP contribution < -0.4 is 5.43 Å². The monoisotopic (exact) mass is 266 g/mol. The molecule has 0 saturated carbocycles. The molecule has 0 radical (unpaired) electrons. The lowest BCUT2D eigenvalue weighted by Crippen LogP contribution is -2.02. The lowest BCUT2D eigenvalue weighted by atomic mass is 10.1. The fourth-order valence-corrected chi connectivity index (χ4v) is 1.59. The molecule has 0 atom stereocenters. The van der Waals surface area contributed by atoms with Crippen LogP contribution in [0, 0.1) is 0 Å². The van der Waals surface area contributed by atoms with Gasteiger partial charge < -0.3 is 5.11 Å². The number of benzene rings is 2. The Morgan fingerprint density at radius 1 is 0.950 bits per heavy atom. The second kappa shape index (κ2) is 6.89. The maximum atomic E-state index is 10.6. The molecule has 2 aromatic carbocycles. The largest absolute Gasteiger partial charge is 0.478 e. The minimum absolute atomic E-state index is 0.553. The Hall–Kier alpha value is -2.88. The van der Waals surface area contributed by atoms with E-state index < -0.39 is 5.97 Å². The molecular weight excluding hydrogens is 252 g/mol. The molecule has 0 aromatic heterocycles. The average Bonchev–Trinajstić information content (AvgIpc) is 2.49. The quantitative estimate of drug-likeness (QED) is 0.496. The summed E-state index contributed by atoms with van der Waals surface area (Å²) in [7, 11) is 0. The van der Waals surface area contributed by atoms with Crippen molar-refractivity contribution in [3.05, 3.63) is 78.4 Å². The molecule has 2 N–H and O–H groups in total. The van der Waals surface area contributed by atoms with Gasteiger partial charge >= 0.3 is 5.97 Å². The second-order valence-corrected chi connectivity index (χ2v) is 4.01. The molecule has 2 aromatic rings. The number of allylic oxidation sites excluding steroid dienone is 1. The first kappa shape index (κ1) is 13.5. The van der Waals surface area contributed by atoms with Crippen LogP contribution in [-0.4, -0.2) is 16.8 Å². The lowest BCUT2D eigenvalue weighted by Gasteiger charge is -2.04. The molecule has 100 valence electrons. The fraction of sp³-hybridized carbons (Fsp3) is 0. The molecular formula is C16H14N2O2. The van der Waals surface area contributed by atoms with Crippen LogP contribution in [0.2, 0.25) is 0 Å². The minimum Gasteiger partial charge on any atom is -0.478 e. The highest BCUT2D eigenvalue weighted by Crippen LogP contribution is 2.07. The number of anilines is 1. The number of carboxylic acids is 1. The first-order chi connectivity index (χ1) is 9.75. The topological polar surface area (TPSA) is 61.7 Å². The summed E-state index contributed by atoms with van der Waals surface area (Å²) in [6.45, 7) is 0. The zero-order valence-corrected chi connectivity index (χ0v) is 10.7. The number of hydrazone groups is 1. The van der Waals surface area contributed by atoms with Gasteiger partial charge in [0.15, 0.2) is 0 Å². The maximum absolute atomic E-state index is 10.6. The highest BCUT2D eigenvalue weighted by molar-refractivity contribution is 6.10. The number of aliphatic carboxylic acids is 1. The maximum Gasteiger partial charge on any atom is 0.328 e. The van der Waals surface area contributed by atoms with E-state index in [1.165, 1.54) is 6.08 Å². The molecule has 0 aliphatic carbocycles. The van der Waals surface area contributed by atoms with Crippen molar-refractivity contribution in [1.29, 1.82) is 0 Å². The van der Waals surface area contributed by atoms with Crippen LogP contribution in [0.4, 0.5) is 5.69 Å². The van der Waals surface area contributed by atoms with Crippen LogP contribution in [0.15, 0.2) is 77.9 Å². The summed E-state index contributed by atoms with van der Waals surface area (Å²) in [5.41, 5.74) is 5.14. The van der Waals surface area contributed by atoms with Crippen molar-refractivity contribution in [2.45, 2.75) is 0 Å². The molecule has 0 aliphatic rings. The van der Waals surface area contributed by atoms with Crippen molar-refractivity contribution in [1.82, 2.24) is 0 Å². The SMILES string of the molecule is O=C(O)/C=C\C(=N\Nc1ccccc1)c1ccccc1. The summed E-state index contributed by atoms with van der Waals surface area (Å²) in [6, 6.07) is 18.9. The summed E-state index contributed by atoms with van der Waals surface area (Å²) in [5.74, 6) is -1.01. The van der Waals surface area contributed by atoms with Crippen molar-refractivity contribution in [3.8, 4) is 0 Å². The Morgan fingerprint density at radius 3 is 2.15 bits per heavy atom. The van der Waals surface area contributed by atoms with Gasteiger partial charge in [-0.25, -0.2) is 4.79 Å². The number of carboxylic acid groups (broad SMARTS) is 1. The zero-order valence-electron chi connectivity index (χ0n) is 10.7. The predicted molar refractivity (Wildman–Crippen MR) is 79.8 cm³/mol. The molecule has 0 heterocycles. The molecule has 0 bridgehead atoms. The first-order valence-corrected chi connectivity index (χ1v) is 6.11. The molecule has 0 amide bonds. The predicted octanol–water partition coefficient (Wildman–Crippen LogP) is 3.14. The van der Waals surface area contributed by atoms with Gasteiger partial charge in [-0.2, -0.15) is 5.10 Å². The number of hydrogen-bond acceptors (Lipinski definition) is 3. The van der Waals surface area contributed by atoms with Crippen molar-refractivity contribution < 1.29 is 9.90 Å². The van der Waals surface area contributed by atoms with Crippen LogP contribution in [0.3, 0.4) is 0 Å². The zero-order chi connectivity index (χ0) is 14.2. The summed E-state index contributed by atoms with van der Waals surface area (Å²) in [5, 5.41) is 13.0. The van der Waals surface area contributed by atoms with Crippen molar-refractivity contribution >= 4 is 17.4 Å². The van der Waals surface area contributed by atoms with Crippen LogP contribution >= 0.6 is 0 Å². The third-order valence-electron chi connectivity index (χ3n) is 2.53. The Balaban J connectivity index is 2.25. The summed E-state index contributed by atoms with van der Waals surface area (Å²) in [4.78, 5) is 10.6. The van der Waals surface area contributed by atoms with Crippen molar-refractivity contribution in [2.24, 2.45) is 5.10 Å². The standard InChI is InChI=1S/C16H14N2O2/c19-16(20)12-11-15(13-7-3-1-4-8-13)18-17-14-9-5-2-6-10-14/h1-12,17H,(H,19,20)/b12-11-,18-15-. The smallest absolute Gasteiger partial charge is 0.328 e. The highest BCUT2D eigenvalue weighted by atomic mass is 16.4. The number of hydrogen-bond donors (Lipinski definition) is 2. The molecule has 20 heavy (non-hydrogen) atoms. The molecule has 0 aliphatic heterocycles. The van der Waals surface area contributed by atoms with E-state index >= 15 is 0 Å². The number of rotatable bonds is 5. The van der Waals surface area contributed by atoms with E-state index in [4.69, 9.17) is 5.11 Å². The molecule has 0 spiro atoms. The van der Waals surface area contributed by atoms with Gasteiger partial charge in [-0.15, -0.1) is 0 Å². The summed E-state index contributed by atoms with van der Waals surface area (Å²) in [6.07, 6.45) is 2.53. The van der Waals surface area contributed by atoms with Crippen LogP contribution in [0.25, 0.3) is 0 Å². The van der Waals surface area contributed by atoms with Gasteiger partial charge in [-0.1, -0.05) is 48.5 Å². The van der Waals surface area contributed by atoms with Gasteiger partial charge in [0.1, 0.15) is 0 Å². The fourth-order valence-electron chi connectivity index (χ4n) is 1.59. The normalized spacial score (nSPS) is 11.5. The average molecular weight is 266 g/mol. The third-order valence-corrected chi connectivity index (χ3v) is 2.53. The van der Waals surface area contributed by atoms with E-state index in [1.807, 2.05) is 60.7 Å². The van der Waals surface area contributed by atoms with E-state index in [2.05, 4.69) is 10.5 Å². The number of nitrogens with zero attached hydrogens (tertiary/aromatic N) is 1. The molecule has 0 fully saturated rings. The minimum atomic E-state index is -1.01. The Kier molecular flexibility index (Phi) is 4.67. The Labute approximate surface area is 117 Å². The molecule has 0 saturated heterocycles. The van der Waals surface area contributed by atoms with Crippen LogP contribution in [-0.2, 0) is 4.79 Å². The van der Waals surface area contributed by atoms with Gasteiger partial charge in [0.25, 0.3) is 0 Å². The van der Waals surface area contributed by atoms with Gasteiger partial charge in [0.2, 0.25) is 0 Å². The number of nitrogens with one attached hydrogen (secondary N) is 1. The van der Waals surface area contributed by atoms with E-state index in [1.54, 1.807) is 0 Å². The molecule has 4 heteroatoms. The van der Waals surface area contributed by atoms with Crippen molar-refractivity contribution in [3.63, 3.8) is 0 Å². The number of para-hydroxylation sites is 1. The Bertz CT molecular complexity index is 619. The van der Waals surface area contributed by atoms with Crippen LogP contribution in [0.5, 0.6) is 0 Å². The Morgan fingerprint density at radius 2 is 1.55 bits per heavy atom. The summed E-state index contributed by atoms with van der Waals surface area (Å²) < 4.78 is 0. The molecule has 4 nitrogen and oxygen atoms in total. The van der Waals surface area contributed by atoms with Gasteiger partial charge in [0.05, 0.1) is 11.4 Å². The van der Waals surface area contributed by atoms with E-state index in [0.29, 0.717) is 5.71 Å². The van der Waals surface area contributed by atoms with Gasteiger partial charge in [0, 0.05) is 11.6 Å². The summed E-state index contributed by atoms with van der Waals surface area (Å²) >= 11 is 0. The van der Waals surface area contributed by atoms with E-state index in [0.717, 1.165) is 17.3 Å². The second-order valence-electron chi connectivity index (χ2n) is 4.01.